The Morgan fingerprint density at radius 2 is 1.43 bits per heavy atom. The first-order chi connectivity index (χ1) is 10.3. The molecule has 0 aromatic heterocycles. The Hall–Kier alpha value is -0.566. The Kier molecular flexibility index (Phi) is 23.1. The summed E-state index contributed by atoms with van der Waals surface area (Å²) in [6, 6.07) is 0. The van der Waals surface area contributed by atoms with Crippen molar-refractivity contribution in [2.24, 2.45) is 11.8 Å². The van der Waals surface area contributed by atoms with E-state index in [-0.39, 0.29) is 22.4 Å². The van der Waals surface area contributed by atoms with E-state index in [9.17, 15) is 9.59 Å². The molecule has 0 spiro atoms. The van der Waals surface area contributed by atoms with Crippen molar-refractivity contribution in [1.82, 2.24) is 0 Å². The molecule has 1 atom stereocenters. The third-order valence-corrected chi connectivity index (χ3v) is 3.67. The van der Waals surface area contributed by atoms with Crippen LogP contribution in [0.4, 0.5) is 0 Å². The molecular formula is C18H36NiO4. The van der Waals surface area contributed by atoms with Crippen molar-refractivity contribution in [3.05, 3.63) is 0 Å². The molecule has 0 heterocycles. The van der Waals surface area contributed by atoms with Gasteiger partial charge >= 0.3 is 11.9 Å². The Morgan fingerprint density at radius 1 is 0.870 bits per heavy atom. The predicted octanol–water partition coefficient (Wildman–Crippen LogP) is 5.35. The van der Waals surface area contributed by atoms with Crippen molar-refractivity contribution in [2.45, 2.75) is 91.9 Å². The molecule has 0 aliphatic heterocycles. The maximum Gasteiger partial charge on any atom is 0.306 e. The third kappa shape index (κ3) is 23.8. The van der Waals surface area contributed by atoms with Gasteiger partial charge in [-0.15, -0.1) is 0 Å². The molecule has 0 aromatic carbocycles. The molecular weight excluding hydrogens is 339 g/mol. The van der Waals surface area contributed by atoms with Crippen LogP contribution in [0.5, 0.6) is 0 Å². The van der Waals surface area contributed by atoms with Crippen molar-refractivity contribution in [1.29, 1.82) is 0 Å². The van der Waals surface area contributed by atoms with Gasteiger partial charge in [-0.05, 0) is 25.2 Å². The summed E-state index contributed by atoms with van der Waals surface area (Å²) in [5.74, 6) is -0.640. The van der Waals surface area contributed by atoms with Gasteiger partial charge in [0.25, 0.3) is 0 Å². The molecule has 0 fully saturated rings. The average molecular weight is 375 g/mol. The first-order valence-electron chi connectivity index (χ1n) is 8.79. The molecule has 0 amide bonds. The van der Waals surface area contributed by atoms with Crippen LogP contribution in [0.2, 0.25) is 0 Å². The van der Waals surface area contributed by atoms with Crippen LogP contribution in [0.15, 0.2) is 0 Å². The number of hydrogen-bond donors (Lipinski definition) is 2. The van der Waals surface area contributed by atoms with E-state index in [1.807, 2.05) is 6.92 Å². The third-order valence-electron chi connectivity index (χ3n) is 3.67. The molecule has 142 valence electrons. The summed E-state index contributed by atoms with van der Waals surface area (Å²) >= 11 is 0. The Bertz CT molecular complexity index is 280. The number of carboxylic acids is 2. The van der Waals surface area contributed by atoms with Gasteiger partial charge in [0.05, 0.1) is 5.92 Å². The molecule has 0 rings (SSSR count). The van der Waals surface area contributed by atoms with Gasteiger partial charge in [-0.1, -0.05) is 66.2 Å². The largest absolute Gasteiger partial charge is 0.481 e. The Morgan fingerprint density at radius 3 is 1.83 bits per heavy atom. The smallest absolute Gasteiger partial charge is 0.306 e. The predicted molar refractivity (Wildman–Crippen MR) is 91.1 cm³/mol. The monoisotopic (exact) mass is 374 g/mol. The second-order valence-corrected chi connectivity index (χ2v) is 6.33. The van der Waals surface area contributed by atoms with Crippen LogP contribution in [0, 0.1) is 11.8 Å². The topological polar surface area (TPSA) is 74.6 Å². The van der Waals surface area contributed by atoms with Gasteiger partial charge in [0.1, 0.15) is 0 Å². The van der Waals surface area contributed by atoms with Crippen LogP contribution >= 0.6 is 0 Å². The molecule has 0 saturated heterocycles. The van der Waals surface area contributed by atoms with Gasteiger partial charge in [0.2, 0.25) is 0 Å². The average Bonchev–Trinajstić information content (AvgIpc) is 2.43. The van der Waals surface area contributed by atoms with E-state index in [1.165, 1.54) is 19.3 Å². The molecule has 1 unspecified atom stereocenters. The zero-order chi connectivity index (χ0) is 17.4. The van der Waals surface area contributed by atoms with Crippen molar-refractivity contribution >= 4 is 11.9 Å². The quantitative estimate of drug-likeness (QED) is 0.356. The van der Waals surface area contributed by atoms with E-state index in [2.05, 4.69) is 20.8 Å². The summed E-state index contributed by atoms with van der Waals surface area (Å²) < 4.78 is 0. The van der Waals surface area contributed by atoms with E-state index in [4.69, 9.17) is 10.2 Å². The van der Waals surface area contributed by atoms with Crippen molar-refractivity contribution in [3.8, 4) is 0 Å². The number of hydrogen-bond acceptors (Lipinski definition) is 2. The van der Waals surface area contributed by atoms with Gasteiger partial charge in [0, 0.05) is 22.9 Å². The number of carboxylic acid groups (broad SMARTS) is 2. The van der Waals surface area contributed by atoms with Gasteiger partial charge in [-0.2, -0.15) is 0 Å². The van der Waals surface area contributed by atoms with E-state index in [0.29, 0.717) is 6.42 Å². The van der Waals surface area contributed by atoms with Crippen LogP contribution in [0.25, 0.3) is 0 Å². The van der Waals surface area contributed by atoms with Crippen molar-refractivity contribution in [2.75, 3.05) is 0 Å². The number of rotatable bonds is 12. The molecule has 2 N–H and O–H groups in total. The molecule has 0 saturated carbocycles. The number of carbonyl (C=O) groups is 2. The molecule has 0 radical (unpaired) electrons. The van der Waals surface area contributed by atoms with Crippen molar-refractivity contribution < 1.29 is 36.3 Å². The van der Waals surface area contributed by atoms with Crippen LogP contribution in [-0.4, -0.2) is 22.2 Å². The molecule has 5 heteroatoms. The maximum absolute atomic E-state index is 10.4. The fourth-order valence-corrected chi connectivity index (χ4v) is 2.14. The summed E-state index contributed by atoms with van der Waals surface area (Å²) in [6.07, 6.45) is 9.66. The van der Waals surface area contributed by atoms with E-state index in [0.717, 1.165) is 44.4 Å². The van der Waals surface area contributed by atoms with Crippen molar-refractivity contribution in [3.63, 3.8) is 0 Å². The fourth-order valence-electron chi connectivity index (χ4n) is 2.14. The SMILES string of the molecule is CC(C)CCCCCCC(=O)O.CCCCC(CC)C(=O)O.[Ni]. The minimum Gasteiger partial charge on any atom is -0.481 e. The molecule has 0 bridgehead atoms. The van der Waals surface area contributed by atoms with E-state index in [1.54, 1.807) is 0 Å². The summed E-state index contributed by atoms with van der Waals surface area (Å²) in [5, 5.41) is 17.0. The Labute approximate surface area is 152 Å². The van der Waals surface area contributed by atoms with Gasteiger partial charge < -0.3 is 10.2 Å². The second-order valence-electron chi connectivity index (χ2n) is 6.33. The first kappa shape index (κ1) is 27.3. The minimum absolute atomic E-state index is 0. The minimum atomic E-state index is -0.668. The van der Waals surface area contributed by atoms with Crippen LogP contribution in [0.1, 0.15) is 91.9 Å². The normalized spacial score (nSPS) is 11.2. The number of aliphatic carboxylic acids is 2. The standard InChI is InChI=1S/C10H20O2.C8H16O2.Ni/c1-9(2)7-5-3-4-6-8-10(11)12;1-3-5-6-7(4-2)8(9)10;/h9H,3-8H2,1-2H3,(H,11,12);7H,3-6H2,1-2H3,(H,9,10);. The van der Waals surface area contributed by atoms with Gasteiger partial charge in [-0.25, -0.2) is 0 Å². The van der Waals surface area contributed by atoms with E-state index < -0.39 is 11.9 Å². The Balaban J connectivity index is -0.000000338. The van der Waals surface area contributed by atoms with Gasteiger partial charge in [0.15, 0.2) is 0 Å². The molecule has 0 aromatic rings. The van der Waals surface area contributed by atoms with Crippen LogP contribution < -0.4 is 0 Å². The fraction of sp³-hybridized carbons (Fsp3) is 0.889. The van der Waals surface area contributed by atoms with E-state index >= 15 is 0 Å². The zero-order valence-electron chi connectivity index (χ0n) is 15.3. The van der Waals surface area contributed by atoms with Crippen LogP contribution in [-0.2, 0) is 26.1 Å². The first-order valence-corrected chi connectivity index (χ1v) is 8.79. The molecule has 4 nitrogen and oxygen atoms in total. The number of unbranched alkanes of at least 4 members (excludes halogenated alkanes) is 4. The second kappa shape index (κ2) is 19.5. The maximum atomic E-state index is 10.4. The van der Waals surface area contributed by atoms with Gasteiger partial charge in [-0.3, -0.25) is 9.59 Å². The summed E-state index contributed by atoms with van der Waals surface area (Å²) in [6.45, 7) is 8.44. The summed E-state index contributed by atoms with van der Waals surface area (Å²) in [7, 11) is 0. The zero-order valence-corrected chi connectivity index (χ0v) is 16.2. The molecule has 23 heavy (non-hydrogen) atoms. The summed E-state index contributed by atoms with van der Waals surface area (Å²) in [5.41, 5.74) is 0. The molecule has 0 aliphatic carbocycles. The van der Waals surface area contributed by atoms with Crippen LogP contribution in [0.3, 0.4) is 0 Å². The summed E-state index contributed by atoms with van der Waals surface area (Å²) in [4.78, 5) is 20.6. The molecule has 0 aliphatic rings.